The van der Waals surface area contributed by atoms with Crippen LogP contribution in [0.25, 0.3) is 0 Å². The van der Waals surface area contributed by atoms with Crippen molar-refractivity contribution in [1.82, 2.24) is 5.32 Å². The van der Waals surface area contributed by atoms with Gasteiger partial charge in [-0.05, 0) is 43.9 Å². The standard InChI is InChI=1S/C16H20N2O4/c1-10-4-3-5-13(11(10)2)18-14(19)8-17-15(20)9-22-16(21)12-6-7-12/h3-5,12H,6-9H2,1-2H3,(H,17,20)(H,18,19). The maximum Gasteiger partial charge on any atom is 0.309 e. The highest BCUT2D eigenvalue weighted by Crippen LogP contribution is 2.29. The maximum absolute atomic E-state index is 11.8. The van der Waals surface area contributed by atoms with Gasteiger partial charge in [-0.2, -0.15) is 0 Å². The van der Waals surface area contributed by atoms with Crippen LogP contribution in [0.3, 0.4) is 0 Å². The van der Waals surface area contributed by atoms with E-state index < -0.39 is 5.91 Å². The largest absolute Gasteiger partial charge is 0.455 e. The first kappa shape index (κ1) is 16.0. The molecule has 1 fully saturated rings. The second-order valence-electron chi connectivity index (χ2n) is 5.45. The Hall–Kier alpha value is -2.37. The third-order valence-corrected chi connectivity index (χ3v) is 3.58. The number of rotatable bonds is 6. The van der Waals surface area contributed by atoms with Crippen molar-refractivity contribution >= 4 is 23.5 Å². The van der Waals surface area contributed by atoms with Gasteiger partial charge in [0.2, 0.25) is 5.91 Å². The Balaban J connectivity index is 1.71. The topological polar surface area (TPSA) is 84.5 Å². The lowest BCUT2D eigenvalue weighted by Gasteiger charge is -2.11. The summed E-state index contributed by atoms with van der Waals surface area (Å²) in [4.78, 5) is 34.6. The summed E-state index contributed by atoms with van der Waals surface area (Å²) in [5, 5.41) is 5.16. The number of esters is 1. The first-order valence-electron chi connectivity index (χ1n) is 7.27. The lowest BCUT2D eigenvalue weighted by atomic mass is 10.1. The Morgan fingerprint density at radius 1 is 1.18 bits per heavy atom. The quantitative estimate of drug-likeness (QED) is 0.776. The van der Waals surface area contributed by atoms with E-state index in [-0.39, 0.29) is 30.9 Å². The number of nitrogens with one attached hydrogen (secondary N) is 2. The van der Waals surface area contributed by atoms with Crippen LogP contribution in [0.2, 0.25) is 0 Å². The summed E-state index contributed by atoms with van der Waals surface area (Å²) in [6, 6.07) is 5.62. The van der Waals surface area contributed by atoms with Gasteiger partial charge in [0.1, 0.15) is 0 Å². The zero-order valence-electron chi connectivity index (χ0n) is 12.8. The van der Waals surface area contributed by atoms with Crippen LogP contribution in [-0.4, -0.2) is 30.9 Å². The maximum atomic E-state index is 11.8. The average Bonchev–Trinajstić information content (AvgIpc) is 3.32. The molecule has 0 aliphatic heterocycles. The van der Waals surface area contributed by atoms with Gasteiger partial charge in [0.15, 0.2) is 6.61 Å². The summed E-state index contributed by atoms with van der Waals surface area (Å²) in [6.45, 7) is 3.38. The highest BCUT2D eigenvalue weighted by Gasteiger charge is 2.31. The van der Waals surface area contributed by atoms with Gasteiger partial charge in [0.05, 0.1) is 12.5 Å². The molecule has 2 N–H and O–H groups in total. The molecule has 0 unspecified atom stereocenters. The van der Waals surface area contributed by atoms with E-state index in [4.69, 9.17) is 4.74 Å². The van der Waals surface area contributed by atoms with E-state index >= 15 is 0 Å². The van der Waals surface area contributed by atoms with Crippen LogP contribution >= 0.6 is 0 Å². The van der Waals surface area contributed by atoms with Crippen molar-refractivity contribution in [2.75, 3.05) is 18.5 Å². The van der Waals surface area contributed by atoms with E-state index in [1.165, 1.54) is 0 Å². The second kappa shape index (κ2) is 7.06. The van der Waals surface area contributed by atoms with E-state index in [1.807, 2.05) is 26.0 Å². The summed E-state index contributed by atoms with van der Waals surface area (Å²) in [7, 11) is 0. The zero-order chi connectivity index (χ0) is 16.1. The molecule has 0 bridgehead atoms. The summed E-state index contributed by atoms with van der Waals surface area (Å²) in [6.07, 6.45) is 1.66. The SMILES string of the molecule is Cc1cccc(NC(=O)CNC(=O)COC(=O)C2CC2)c1C. The minimum atomic E-state index is -0.481. The average molecular weight is 304 g/mol. The van der Waals surface area contributed by atoms with Crippen LogP contribution in [0.4, 0.5) is 5.69 Å². The number of carbonyl (C=O) groups excluding carboxylic acids is 3. The Morgan fingerprint density at radius 2 is 1.91 bits per heavy atom. The summed E-state index contributed by atoms with van der Waals surface area (Å²) in [5.41, 5.74) is 2.79. The number of hydrogen-bond acceptors (Lipinski definition) is 4. The van der Waals surface area contributed by atoms with Crippen LogP contribution < -0.4 is 10.6 Å². The van der Waals surface area contributed by atoms with Crippen molar-refractivity contribution in [3.05, 3.63) is 29.3 Å². The number of hydrogen-bond donors (Lipinski definition) is 2. The molecular weight excluding hydrogens is 284 g/mol. The molecule has 1 aliphatic rings. The molecule has 6 heteroatoms. The molecule has 1 saturated carbocycles. The van der Waals surface area contributed by atoms with E-state index in [1.54, 1.807) is 6.07 Å². The molecule has 1 aliphatic carbocycles. The van der Waals surface area contributed by atoms with Gasteiger partial charge < -0.3 is 15.4 Å². The predicted octanol–water partition coefficient (Wildman–Crippen LogP) is 1.31. The molecule has 118 valence electrons. The third-order valence-electron chi connectivity index (χ3n) is 3.58. The molecule has 2 amide bonds. The van der Waals surface area contributed by atoms with E-state index in [0.29, 0.717) is 0 Å². The van der Waals surface area contributed by atoms with Crippen molar-refractivity contribution in [3.8, 4) is 0 Å². The zero-order valence-corrected chi connectivity index (χ0v) is 12.8. The Morgan fingerprint density at radius 3 is 2.59 bits per heavy atom. The van der Waals surface area contributed by atoms with Gasteiger partial charge in [0.25, 0.3) is 5.91 Å². The van der Waals surface area contributed by atoms with E-state index in [2.05, 4.69) is 10.6 Å². The number of benzene rings is 1. The van der Waals surface area contributed by atoms with Gasteiger partial charge in [-0.15, -0.1) is 0 Å². The van der Waals surface area contributed by atoms with Crippen molar-refractivity contribution in [3.63, 3.8) is 0 Å². The Labute approximate surface area is 129 Å². The Bertz CT molecular complexity index is 594. The molecule has 1 aromatic rings. The normalized spacial score (nSPS) is 13.4. The molecule has 0 heterocycles. The smallest absolute Gasteiger partial charge is 0.309 e. The monoisotopic (exact) mass is 304 g/mol. The molecule has 0 aromatic heterocycles. The fourth-order valence-electron chi connectivity index (χ4n) is 1.88. The molecule has 0 spiro atoms. The molecule has 1 aromatic carbocycles. The summed E-state index contributed by atoms with van der Waals surface area (Å²) < 4.78 is 4.83. The summed E-state index contributed by atoms with van der Waals surface area (Å²) in [5.74, 6) is -1.18. The lowest BCUT2D eigenvalue weighted by molar-refractivity contribution is -0.149. The number of carbonyl (C=O) groups is 3. The highest BCUT2D eigenvalue weighted by molar-refractivity contribution is 5.95. The molecule has 6 nitrogen and oxygen atoms in total. The first-order chi connectivity index (χ1) is 10.5. The number of amides is 2. The Kier molecular flexibility index (Phi) is 5.14. The van der Waals surface area contributed by atoms with Gasteiger partial charge in [-0.3, -0.25) is 14.4 Å². The van der Waals surface area contributed by atoms with Crippen molar-refractivity contribution in [2.24, 2.45) is 5.92 Å². The number of aryl methyl sites for hydroxylation is 1. The fraction of sp³-hybridized carbons (Fsp3) is 0.438. The van der Waals surface area contributed by atoms with Crippen LogP contribution in [0.1, 0.15) is 24.0 Å². The molecule has 0 atom stereocenters. The van der Waals surface area contributed by atoms with Gasteiger partial charge in [-0.25, -0.2) is 0 Å². The molecular formula is C16H20N2O4. The molecule has 0 radical (unpaired) electrons. The third kappa shape index (κ3) is 4.58. The predicted molar refractivity (Wildman–Crippen MR) is 81.2 cm³/mol. The molecule has 22 heavy (non-hydrogen) atoms. The van der Waals surface area contributed by atoms with Gasteiger partial charge >= 0.3 is 5.97 Å². The van der Waals surface area contributed by atoms with Crippen LogP contribution in [0, 0.1) is 19.8 Å². The van der Waals surface area contributed by atoms with Crippen molar-refractivity contribution in [2.45, 2.75) is 26.7 Å². The van der Waals surface area contributed by atoms with Crippen LogP contribution in [-0.2, 0) is 19.1 Å². The van der Waals surface area contributed by atoms with E-state index in [0.717, 1.165) is 29.7 Å². The minimum Gasteiger partial charge on any atom is -0.455 e. The highest BCUT2D eigenvalue weighted by atomic mass is 16.5. The van der Waals surface area contributed by atoms with Crippen molar-refractivity contribution < 1.29 is 19.1 Å². The van der Waals surface area contributed by atoms with Crippen molar-refractivity contribution in [1.29, 1.82) is 0 Å². The van der Waals surface area contributed by atoms with Crippen LogP contribution in [0.15, 0.2) is 18.2 Å². The summed E-state index contributed by atoms with van der Waals surface area (Å²) >= 11 is 0. The van der Waals surface area contributed by atoms with Gasteiger partial charge in [-0.1, -0.05) is 12.1 Å². The van der Waals surface area contributed by atoms with Crippen LogP contribution in [0.5, 0.6) is 0 Å². The van der Waals surface area contributed by atoms with Gasteiger partial charge in [0, 0.05) is 5.69 Å². The fourth-order valence-corrected chi connectivity index (χ4v) is 1.88. The minimum absolute atomic E-state index is 0.0413. The van der Waals surface area contributed by atoms with E-state index in [9.17, 15) is 14.4 Å². The number of ether oxygens (including phenoxy) is 1. The first-order valence-corrected chi connectivity index (χ1v) is 7.27. The molecule has 2 rings (SSSR count). The lowest BCUT2D eigenvalue weighted by Crippen LogP contribution is -2.35. The number of anilines is 1. The second-order valence-corrected chi connectivity index (χ2v) is 5.45. The molecule has 0 saturated heterocycles.